The van der Waals surface area contributed by atoms with Gasteiger partial charge in [-0.25, -0.2) is 0 Å². The van der Waals surface area contributed by atoms with Crippen molar-refractivity contribution in [1.82, 2.24) is 0 Å². The van der Waals surface area contributed by atoms with Crippen molar-refractivity contribution in [3.8, 4) is 0 Å². The second kappa shape index (κ2) is 6.21. The fourth-order valence-corrected chi connectivity index (χ4v) is 2.56. The number of benzene rings is 1. The summed E-state index contributed by atoms with van der Waals surface area (Å²) in [7, 11) is 0. The van der Waals surface area contributed by atoms with Crippen LogP contribution >= 0.6 is 11.6 Å². The van der Waals surface area contributed by atoms with E-state index < -0.39 is 0 Å². The minimum Gasteiger partial charge on any atom is -0.381 e. The SMILES string of the molecule is CC(=O)Nc1ccc(Cl)c(C2CCCCOC2)c1. The molecule has 1 aliphatic rings. The summed E-state index contributed by atoms with van der Waals surface area (Å²) in [6.07, 6.45) is 3.36. The van der Waals surface area contributed by atoms with Crippen LogP contribution in [-0.4, -0.2) is 19.1 Å². The summed E-state index contributed by atoms with van der Waals surface area (Å²) in [5, 5.41) is 3.54. The van der Waals surface area contributed by atoms with Gasteiger partial charge in [-0.3, -0.25) is 4.79 Å². The lowest BCUT2D eigenvalue weighted by Gasteiger charge is -2.17. The molecule has 1 unspecified atom stereocenters. The first-order valence-electron chi connectivity index (χ1n) is 6.31. The van der Waals surface area contributed by atoms with E-state index in [0.29, 0.717) is 12.5 Å². The molecule has 1 fully saturated rings. The Bertz CT molecular complexity index is 426. The summed E-state index contributed by atoms with van der Waals surface area (Å²) in [6, 6.07) is 5.63. The highest BCUT2D eigenvalue weighted by molar-refractivity contribution is 6.31. The van der Waals surface area contributed by atoms with Gasteiger partial charge < -0.3 is 10.1 Å². The molecule has 1 saturated heterocycles. The Labute approximate surface area is 112 Å². The molecule has 1 N–H and O–H groups in total. The van der Waals surface area contributed by atoms with Crippen LogP contribution < -0.4 is 5.32 Å². The normalized spacial score (nSPS) is 20.2. The average Bonchev–Trinajstić information content (AvgIpc) is 2.59. The minimum atomic E-state index is -0.0691. The predicted octanol–water partition coefficient (Wildman–Crippen LogP) is 3.58. The van der Waals surface area contributed by atoms with Crippen LogP contribution in [0.4, 0.5) is 5.69 Å². The van der Waals surface area contributed by atoms with Crippen molar-refractivity contribution in [3.63, 3.8) is 0 Å². The van der Waals surface area contributed by atoms with Crippen LogP contribution in [0.2, 0.25) is 5.02 Å². The molecule has 0 bridgehead atoms. The number of hydrogen-bond acceptors (Lipinski definition) is 2. The zero-order valence-electron chi connectivity index (χ0n) is 10.5. The van der Waals surface area contributed by atoms with E-state index in [2.05, 4.69) is 5.32 Å². The third-order valence-electron chi connectivity index (χ3n) is 3.17. The Morgan fingerprint density at radius 3 is 3.06 bits per heavy atom. The van der Waals surface area contributed by atoms with Crippen molar-refractivity contribution >= 4 is 23.2 Å². The summed E-state index contributed by atoms with van der Waals surface area (Å²) >= 11 is 6.25. The molecule has 98 valence electrons. The van der Waals surface area contributed by atoms with E-state index in [1.165, 1.54) is 6.92 Å². The van der Waals surface area contributed by atoms with Crippen LogP contribution in [0.1, 0.15) is 37.7 Å². The van der Waals surface area contributed by atoms with E-state index in [-0.39, 0.29) is 5.91 Å². The lowest BCUT2D eigenvalue weighted by molar-refractivity contribution is -0.114. The van der Waals surface area contributed by atoms with Crippen LogP contribution in [0.15, 0.2) is 18.2 Å². The van der Waals surface area contributed by atoms with Gasteiger partial charge in [-0.15, -0.1) is 0 Å². The first-order valence-corrected chi connectivity index (χ1v) is 6.69. The monoisotopic (exact) mass is 267 g/mol. The number of halogens is 1. The Kier molecular flexibility index (Phi) is 4.61. The van der Waals surface area contributed by atoms with Gasteiger partial charge in [0.25, 0.3) is 0 Å². The lowest BCUT2D eigenvalue weighted by Crippen LogP contribution is -2.09. The minimum absolute atomic E-state index is 0.0691. The Morgan fingerprint density at radius 2 is 2.28 bits per heavy atom. The summed E-state index contributed by atoms with van der Waals surface area (Å²) < 4.78 is 5.59. The summed E-state index contributed by atoms with van der Waals surface area (Å²) in [4.78, 5) is 11.1. The van der Waals surface area contributed by atoms with E-state index in [0.717, 1.165) is 42.1 Å². The van der Waals surface area contributed by atoms with Crippen LogP contribution in [0.3, 0.4) is 0 Å². The zero-order chi connectivity index (χ0) is 13.0. The van der Waals surface area contributed by atoms with Crippen LogP contribution in [0.5, 0.6) is 0 Å². The van der Waals surface area contributed by atoms with Crippen LogP contribution in [0.25, 0.3) is 0 Å². The maximum Gasteiger partial charge on any atom is 0.221 e. The highest BCUT2D eigenvalue weighted by Crippen LogP contribution is 2.32. The zero-order valence-corrected chi connectivity index (χ0v) is 11.3. The van der Waals surface area contributed by atoms with Gasteiger partial charge in [-0.05, 0) is 36.6 Å². The smallest absolute Gasteiger partial charge is 0.221 e. The fraction of sp³-hybridized carbons (Fsp3) is 0.500. The predicted molar refractivity (Wildman–Crippen MR) is 73.2 cm³/mol. The van der Waals surface area contributed by atoms with Crippen molar-refractivity contribution in [3.05, 3.63) is 28.8 Å². The molecule has 1 aromatic carbocycles. The molecule has 0 radical (unpaired) electrons. The van der Waals surface area contributed by atoms with Crippen LogP contribution in [-0.2, 0) is 9.53 Å². The second-order valence-electron chi connectivity index (χ2n) is 4.69. The number of nitrogens with one attached hydrogen (secondary N) is 1. The molecule has 1 amide bonds. The molecule has 3 nitrogen and oxygen atoms in total. The average molecular weight is 268 g/mol. The topological polar surface area (TPSA) is 38.3 Å². The number of anilines is 1. The maximum atomic E-state index is 11.1. The van der Waals surface area contributed by atoms with Crippen molar-refractivity contribution in [2.45, 2.75) is 32.1 Å². The van der Waals surface area contributed by atoms with E-state index in [1.807, 2.05) is 18.2 Å². The number of amides is 1. The van der Waals surface area contributed by atoms with Gasteiger partial charge in [-0.1, -0.05) is 18.0 Å². The molecular weight excluding hydrogens is 250 g/mol. The number of carbonyl (C=O) groups excluding carboxylic acids is 1. The standard InChI is InChI=1S/C14H18ClNO2/c1-10(17)16-12-5-6-14(15)13(8-12)11-4-2-3-7-18-9-11/h5-6,8,11H,2-4,7,9H2,1H3,(H,16,17). The van der Waals surface area contributed by atoms with Crippen molar-refractivity contribution < 1.29 is 9.53 Å². The molecule has 0 spiro atoms. The first-order chi connectivity index (χ1) is 8.66. The fourth-order valence-electron chi connectivity index (χ4n) is 2.29. The molecule has 1 aliphatic heterocycles. The molecule has 4 heteroatoms. The Balaban J connectivity index is 2.21. The highest BCUT2D eigenvalue weighted by atomic mass is 35.5. The second-order valence-corrected chi connectivity index (χ2v) is 5.09. The molecule has 1 aromatic rings. The number of hydrogen-bond donors (Lipinski definition) is 1. The molecule has 0 saturated carbocycles. The largest absolute Gasteiger partial charge is 0.381 e. The van der Waals surface area contributed by atoms with Crippen molar-refractivity contribution in [2.75, 3.05) is 18.5 Å². The van der Waals surface area contributed by atoms with Crippen molar-refractivity contribution in [1.29, 1.82) is 0 Å². The van der Waals surface area contributed by atoms with Crippen molar-refractivity contribution in [2.24, 2.45) is 0 Å². The summed E-state index contributed by atoms with van der Waals surface area (Å²) in [5.74, 6) is 0.258. The van der Waals surface area contributed by atoms with Gasteiger partial charge in [0, 0.05) is 30.2 Å². The lowest BCUT2D eigenvalue weighted by atomic mass is 9.94. The highest BCUT2D eigenvalue weighted by Gasteiger charge is 2.18. The third kappa shape index (κ3) is 3.47. The molecule has 0 aromatic heterocycles. The van der Waals surface area contributed by atoms with Gasteiger partial charge in [0.1, 0.15) is 0 Å². The molecular formula is C14H18ClNO2. The Hall–Kier alpha value is -1.06. The number of rotatable bonds is 2. The maximum absolute atomic E-state index is 11.1. The van der Waals surface area contributed by atoms with E-state index >= 15 is 0 Å². The summed E-state index contributed by atoms with van der Waals surface area (Å²) in [5.41, 5.74) is 1.87. The van der Waals surface area contributed by atoms with Gasteiger partial charge in [-0.2, -0.15) is 0 Å². The molecule has 1 heterocycles. The number of carbonyl (C=O) groups is 1. The van der Waals surface area contributed by atoms with Crippen LogP contribution in [0, 0.1) is 0 Å². The van der Waals surface area contributed by atoms with E-state index in [4.69, 9.17) is 16.3 Å². The van der Waals surface area contributed by atoms with E-state index in [9.17, 15) is 4.79 Å². The molecule has 18 heavy (non-hydrogen) atoms. The van der Waals surface area contributed by atoms with Gasteiger partial charge >= 0.3 is 0 Å². The van der Waals surface area contributed by atoms with Gasteiger partial charge in [0.2, 0.25) is 5.91 Å². The van der Waals surface area contributed by atoms with E-state index in [1.54, 1.807) is 0 Å². The quantitative estimate of drug-likeness (QED) is 0.889. The Morgan fingerprint density at radius 1 is 1.44 bits per heavy atom. The first kappa shape index (κ1) is 13.4. The van der Waals surface area contributed by atoms with Gasteiger partial charge in [0.15, 0.2) is 0 Å². The molecule has 1 atom stereocenters. The molecule has 0 aliphatic carbocycles. The third-order valence-corrected chi connectivity index (χ3v) is 3.51. The summed E-state index contributed by atoms with van der Waals surface area (Å²) in [6.45, 7) is 3.05. The molecule has 2 rings (SSSR count). The van der Waals surface area contributed by atoms with Gasteiger partial charge in [0.05, 0.1) is 6.61 Å². The number of ether oxygens (including phenoxy) is 1.